The van der Waals surface area contributed by atoms with Gasteiger partial charge in [-0.25, -0.2) is 4.79 Å². The Morgan fingerprint density at radius 2 is 1.94 bits per heavy atom. The quantitative estimate of drug-likeness (QED) is 0.186. The standard InChI is InChI=1S/C8H15N3O7/c1-11(10-18)8(17)9-4(2-12)6(15)7(16)5(14)3-13/h2,4-7,13-16H,3H2,1H3,(H,9,17)/t4-,5+,6+,7-/m1/s1. The van der Waals surface area contributed by atoms with Crippen molar-refractivity contribution in [2.45, 2.75) is 24.4 Å². The number of aliphatic hydroxyl groups excluding tert-OH is 4. The number of amides is 2. The van der Waals surface area contributed by atoms with E-state index >= 15 is 0 Å². The van der Waals surface area contributed by atoms with Gasteiger partial charge in [0.05, 0.1) is 11.9 Å². The van der Waals surface area contributed by atoms with E-state index < -0.39 is 37.0 Å². The number of hydrogen-bond acceptors (Lipinski definition) is 8. The van der Waals surface area contributed by atoms with Crippen LogP contribution < -0.4 is 5.32 Å². The lowest BCUT2D eigenvalue weighted by Crippen LogP contribution is -2.54. The SMILES string of the molecule is CN(N=O)C(=O)N[C@H](C=O)[C@H](O)[C@H](O)[C@@H](O)CO. The summed E-state index contributed by atoms with van der Waals surface area (Å²) in [7, 11) is 1.01. The smallest absolute Gasteiger partial charge is 0.340 e. The zero-order valence-corrected chi connectivity index (χ0v) is 9.50. The molecule has 0 aliphatic rings. The molecule has 4 atom stereocenters. The van der Waals surface area contributed by atoms with Crippen molar-refractivity contribution in [3.05, 3.63) is 4.91 Å². The predicted octanol–water partition coefficient (Wildman–Crippen LogP) is -3.05. The topological polar surface area (TPSA) is 160 Å². The third-order valence-electron chi connectivity index (χ3n) is 2.15. The van der Waals surface area contributed by atoms with Crippen LogP contribution >= 0.6 is 0 Å². The third-order valence-corrected chi connectivity index (χ3v) is 2.15. The van der Waals surface area contributed by atoms with Crippen molar-refractivity contribution < 1.29 is 30.0 Å². The Bertz CT molecular complexity index is 300. The fourth-order valence-electron chi connectivity index (χ4n) is 1.02. The monoisotopic (exact) mass is 265 g/mol. The van der Waals surface area contributed by atoms with Crippen LogP contribution in [0, 0.1) is 4.91 Å². The maximum absolute atomic E-state index is 11.2. The summed E-state index contributed by atoms with van der Waals surface area (Å²) in [5, 5.41) is 40.9. The first-order valence-corrected chi connectivity index (χ1v) is 4.86. The van der Waals surface area contributed by atoms with E-state index in [1.807, 2.05) is 5.32 Å². The summed E-state index contributed by atoms with van der Waals surface area (Å²) in [5.41, 5.74) is 0. The summed E-state index contributed by atoms with van der Waals surface area (Å²) >= 11 is 0. The highest BCUT2D eigenvalue weighted by molar-refractivity contribution is 5.77. The van der Waals surface area contributed by atoms with Crippen LogP contribution in [0.4, 0.5) is 4.79 Å². The van der Waals surface area contributed by atoms with Crippen molar-refractivity contribution in [2.75, 3.05) is 13.7 Å². The van der Waals surface area contributed by atoms with Gasteiger partial charge < -0.3 is 30.5 Å². The maximum atomic E-state index is 11.2. The van der Waals surface area contributed by atoms with Gasteiger partial charge in [0.1, 0.15) is 30.6 Å². The Kier molecular flexibility index (Phi) is 6.97. The average molecular weight is 265 g/mol. The molecule has 5 N–H and O–H groups in total. The fourth-order valence-corrected chi connectivity index (χ4v) is 1.02. The van der Waals surface area contributed by atoms with E-state index in [1.165, 1.54) is 0 Å². The molecule has 10 nitrogen and oxygen atoms in total. The van der Waals surface area contributed by atoms with Crippen LogP contribution in [0.15, 0.2) is 5.29 Å². The molecule has 0 aliphatic heterocycles. The highest BCUT2D eigenvalue weighted by Crippen LogP contribution is 2.04. The molecule has 0 heterocycles. The number of aldehydes is 1. The lowest BCUT2D eigenvalue weighted by atomic mass is 10.0. The molecule has 2 amide bonds. The molecule has 104 valence electrons. The molecule has 0 aliphatic carbocycles. The van der Waals surface area contributed by atoms with Gasteiger partial charge >= 0.3 is 6.03 Å². The lowest BCUT2D eigenvalue weighted by molar-refractivity contribution is -0.119. The van der Waals surface area contributed by atoms with Crippen LogP contribution in [-0.4, -0.2) is 75.8 Å². The summed E-state index contributed by atoms with van der Waals surface area (Å²) in [6.45, 7) is -0.840. The maximum Gasteiger partial charge on any atom is 0.340 e. The van der Waals surface area contributed by atoms with Gasteiger partial charge in [0.2, 0.25) is 0 Å². The Hall–Kier alpha value is -1.62. The summed E-state index contributed by atoms with van der Waals surface area (Å²) < 4.78 is 0. The molecule has 0 rings (SSSR count). The van der Waals surface area contributed by atoms with Gasteiger partial charge in [0, 0.05) is 7.05 Å². The first-order chi connectivity index (χ1) is 8.38. The van der Waals surface area contributed by atoms with Gasteiger partial charge in [0.25, 0.3) is 0 Å². The molecule has 0 aromatic heterocycles. The Balaban J connectivity index is 4.62. The molecule has 0 saturated heterocycles. The van der Waals surface area contributed by atoms with Crippen LogP contribution in [-0.2, 0) is 4.79 Å². The molecule has 0 spiro atoms. The molecule has 0 bridgehead atoms. The molecule has 0 fully saturated rings. The summed E-state index contributed by atoms with van der Waals surface area (Å²) in [5.74, 6) is 0. The minimum atomic E-state index is -1.85. The van der Waals surface area contributed by atoms with Crippen LogP contribution in [0.5, 0.6) is 0 Å². The number of urea groups is 1. The lowest BCUT2D eigenvalue weighted by Gasteiger charge is -2.26. The number of carbonyl (C=O) groups excluding carboxylic acids is 2. The van der Waals surface area contributed by atoms with Crippen LogP contribution in [0.1, 0.15) is 0 Å². The van der Waals surface area contributed by atoms with E-state index in [1.54, 1.807) is 0 Å². The van der Waals surface area contributed by atoms with Gasteiger partial charge in [0.15, 0.2) is 0 Å². The molecule has 0 radical (unpaired) electrons. The van der Waals surface area contributed by atoms with Crippen molar-refractivity contribution in [1.82, 2.24) is 10.3 Å². The molecule has 18 heavy (non-hydrogen) atoms. The van der Waals surface area contributed by atoms with Crippen LogP contribution in [0.25, 0.3) is 0 Å². The number of hydrogen-bond donors (Lipinski definition) is 5. The summed E-state index contributed by atoms with van der Waals surface area (Å²) in [4.78, 5) is 31.8. The van der Waals surface area contributed by atoms with Gasteiger partial charge in [-0.3, -0.25) is 0 Å². The molecule has 0 aromatic rings. The van der Waals surface area contributed by atoms with E-state index in [0.29, 0.717) is 5.01 Å². The number of rotatable bonds is 7. The van der Waals surface area contributed by atoms with Gasteiger partial charge in [-0.2, -0.15) is 5.01 Å². The Morgan fingerprint density at radius 3 is 2.33 bits per heavy atom. The zero-order valence-electron chi connectivity index (χ0n) is 9.50. The normalized spacial score (nSPS) is 17.2. The average Bonchev–Trinajstić information content (AvgIpc) is 2.40. The molecular weight excluding hydrogens is 250 g/mol. The van der Waals surface area contributed by atoms with E-state index in [4.69, 9.17) is 10.2 Å². The van der Waals surface area contributed by atoms with Crippen LogP contribution in [0.3, 0.4) is 0 Å². The number of nitroso groups, excluding NO2 is 1. The fraction of sp³-hybridized carbons (Fsp3) is 0.750. The van der Waals surface area contributed by atoms with Crippen molar-refractivity contribution >= 4 is 12.3 Å². The van der Waals surface area contributed by atoms with Crippen molar-refractivity contribution in [1.29, 1.82) is 0 Å². The Labute approximate surface area is 102 Å². The van der Waals surface area contributed by atoms with E-state index in [9.17, 15) is 24.7 Å². The minimum Gasteiger partial charge on any atom is -0.394 e. The van der Waals surface area contributed by atoms with Crippen LogP contribution in [0.2, 0.25) is 0 Å². The van der Waals surface area contributed by atoms with Gasteiger partial charge in [-0.05, 0) is 0 Å². The highest BCUT2D eigenvalue weighted by atomic mass is 16.4. The number of nitrogens with one attached hydrogen (secondary N) is 1. The van der Waals surface area contributed by atoms with Crippen molar-refractivity contribution in [2.24, 2.45) is 5.29 Å². The molecule has 0 aromatic carbocycles. The summed E-state index contributed by atoms with van der Waals surface area (Å²) in [6.07, 6.45) is -5.27. The van der Waals surface area contributed by atoms with Crippen molar-refractivity contribution in [3.63, 3.8) is 0 Å². The second kappa shape index (κ2) is 7.66. The van der Waals surface area contributed by atoms with E-state index in [-0.39, 0.29) is 6.29 Å². The van der Waals surface area contributed by atoms with E-state index in [0.717, 1.165) is 7.05 Å². The second-order valence-corrected chi connectivity index (χ2v) is 3.45. The molecule has 10 heteroatoms. The van der Waals surface area contributed by atoms with Crippen molar-refractivity contribution in [3.8, 4) is 0 Å². The Morgan fingerprint density at radius 1 is 1.39 bits per heavy atom. The summed E-state index contributed by atoms with van der Waals surface area (Å²) in [6, 6.07) is -2.65. The number of nitrogens with zero attached hydrogens (tertiary/aromatic N) is 2. The molecular formula is C8H15N3O7. The highest BCUT2D eigenvalue weighted by Gasteiger charge is 2.32. The first-order valence-electron chi connectivity index (χ1n) is 4.86. The minimum absolute atomic E-state index is 0.106. The largest absolute Gasteiger partial charge is 0.394 e. The number of aliphatic hydroxyl groups is 4. The number of carbonyl (C=O) groups is 2. The second-order valence-electron chi connectivity index (χ2n) is 3.45. The molecule has 0 saturated carbocycles. The first kappa shape index (κ1) is 16.4. The van der Waals surface area contributed by atoms with Gasteiger partial charge in [-0.1, -0.05) is 0 Å². The van der Waals surface area contributed by atoms with Gasteiger partial charge in [-0.15, -0.1) is 4.91 Å². The molecule has 0 unspecified atom stereocenters. The van der Waals surface area contributed by atoms with E-state index in [2.05, 4.69) is 5.29 Å². The third kappa shape index (κ3) is 4.33. The zero-order chi connectivity index (χ0) is 14.3. The predicted molar refractivity (Wildman–Crippen MR) is 57.0 cm³/mol.